The summed E-state index contributed by atoms with van der Waals surface area (Å²) in [4.78, 5) is 17.8. The van der Waals surface area contributed by atoms with Crippen molar-refractivity contribution in [2.75, 3.05) is 0 Å². The first-order chi connectivity index (χ1) is 8.08. The highest BCUT2D eigenvalue weighted by atomic mass is 32.1. The summed E-state index contributed by atoms with van der Waals surface area (Å²) in [6.07, 6.45) is 4.85. The van der Waals surface area contributed by atoms with Crippen LogP contribution in [0.5, 0.6) is 0 Å². The number of carbonyl (C=O) groups is 1. The molecular formula is C14H23NOS. The first-order valence-electron chi connectivity index (χ1n) is 6.54. The van der Waals surface area contributed by atoms with Gasteiger partial charge in [-0.25, -0.2) is 4.98 Å². The minimum absolute atomic E-state index is 0.236. The van der Waals surface area contributed by atoms with Crippen LogP contribution in [0.25, 0.3) is 0 Å². The molecule has 1 unspecified atom stereocenters. The van der Waals surface area contributed by atoms with Gasteiger partial charge in [0.15, 0.2) is 0 Å². The molecule has 0 spiro atoms. The van der Waals surface area contributed by atoms with Gasteiger partial charge in [0.05, 0.1) is 12.1 Å². The predicted octanol–water partition coefficient (Wildman–Crippen LogP) is 4.09. The Morgan fingerprint density at radius 3 is 2.53 bits per heavy atom. The van der Waals surface area contributed by atoms with Crippen molar-refractivity contribution >= 4 is 17.1 Å². The van der Waals surface area contributed by atoms with Gasteiger partial charge in [0.25, 0.3) is 0 Å². The van der Waals surface area contributed by atoms with Gasteiger partial charge in [-0.05, 0) is 26.7 Å². The summed E-state index contributed by atoms with van der Waals surface area (Å²) >= 11 is 1.66. The SMILES string of the molecule is CCCCC(CC)C(=O)Cc1nc(C)c(C)s1. The van der Waals surface area contributed by atoms with Crippen molar-refractivity contribution in [3.63, 3.8) is 0 Å². The second kappa shape index (κ2) is 6.90. The Morgan fingerprint density at radius 1 is 1.35 bits per heavy atom. The molecular weight excluding hydrogens is 230 g/mol. The van der Waals surface area contributed by atoms with Crippen molar-refractivity contribution in [1.29, 1.82) is 0 Å². The van der Waals surface area contributed by atoms with E-state index in [1.165, 1.54) is 11.3 Å². The molecule has 0 radical (unpaired) electrons. The van der Waals surface area contributed by atoms with Crippen LogP contribution in [-0.2, 0) is 11.2 Å². The van der Waals surface area contributed by atoms with E-state index >= 15 is 0 Å². The molecule has 3 heteroatoms. The maximum atomic E-state index is 12.1. The molecule has 0 aliphatic carbocycles. The van der Waals surface area contributed by atoms with Crippen molar-refractivity contribution in [1.82, 2.24) is 4.98 Å². The topological polar surface area (TPSA) is 30.0 Å². The molecule has 0 aliphatic rings. The Balaban J connectivity index is 2.57. The number of hydrogen-bond donors (Lipinski definition) is 0. The van der Waals surface area contributed by atoms with E-state index in [2.05, 4.69) is 25.8 Å². The highest BCUT2D eigenvalue weighted by Crippen LogP contribution is 2.21. The molecule has 1 aromatic rings. The van der Waals surface area contributed by atoms with Crippen molar-refractivity contribution in [2.45, 2.75) is 59.8 Å². The average molecular weight is 253 g/mol. The lowest BCUT2D eigenvalue weighted by Gasteiger charge is -2.11. The van der Waals surface area contributed by atoms with Crippen LogP contribution in [0.15, 0.2) is 0 Å². The van der Waals surface area contributed by atoms with Gasteiger partial charge in [0.2, 0.25) is 0 Å². The van der Waals surface area contributed by atoms with Crippen LogP contribution in [0.1, 0.15) is 55.1 Å². The number of nitrogens with zero attached hydrogens (tertiary/aromatic N) is 1. The second-order valence-corrected chi connectivity index (χ2v) is 5.93. The second-order valence-electron chi connectivity index (χ2n) is 4.64. The lowest BCUT2D eigenvalue weighted by molar-refractivity contribution is -0.122. The number of aromatic nitrogens is 1. The molecule has 1 rings (SSSR count). The third-order valence-electron chi connectivity index (χ3n) is 3.25. The zero-order valence-electron chi connectivity index (χ0n) is 11.4. The summed E-state index contributed by atoms with van der Waals surface area (Å²) in [5.41, 5.74) is 1.07. The number of unbranched alkanes of at least 4 members (excludes halogenated alkanes) is 1. The Kier molecular flexibility index (Phi) is 5.83. The zero-order valence-corrected chi connectivity index (χ0v) is 12.2. The van der Waals surface area contributed by atoms with E-state index < -0.39 is 0 Å². The standard InChI is InChI=1S/C14H23NOS/c1-5-7-8-12(6-2)13(16)9-14-15-10(3)11(4)17-14/h12H,5-9H2,1-4H3. The molecule has 17 heavy (non-hydrogen) atoms. The van der Waals surface area contributed by atoms with Crippen molar-refractivity contribution in [2.24, 2.45) is 5.92 Å². The number of ketones is 1. The van der Waals surface area contributed by atoms with E-state index in [0.29, 0.717) is 12.2 Å². The van der Waals surface area contributed by atoms with Crippen LogP contribution >= 0.6 is 11.3 Å². The molecule has 2 nitrogen and oxygen atoms in total. The lowest BCUT2D eigenvalue weighted by atomic mass is 9.93. The Morgan fingerprint density at radius 2 is 2.06 bits per heavy atom. The van der Waals surface area contributed by atoms with Gasteiger partial charge in [-0.1, -0.05) is 26.7 Å². The Bertz CT molecular complexity index is 351. The van der Waals surface area contributed by atoms with Crippen LogP contribution in [0.3, 0.4) is 0 Å². The molecule has 0 fully saturated rings. The first kappa shape index (κ1) is 14.4. The summed E-state index contributed by atoms with van der Waals surface area (Å²) in [6.45, 7) is 8.35. The lowest BCUT2D eigenvalue weighted by Crippen LogP contribution is -2.16. The molecule has 96 valence electrons. The average Bonchev–Trinajstić information content (AvgIpc) is 2.59. The predicted molar refractivity (Wildman–Crippen MR) is 73.6 cm³/mol. The number of thiazole rings is 1. The van der Waals surface area contributed by atoms with Gasteiger partial charge < -0.3 is 0 Å². The maximum Gasteiger partial charge on any atom is 0.142 e. The molecule has 1 heterocycles. The molecule has 0 aliphatic heterocycles. The summed E-state index contributed by atoms with van der Waals surface area (Å²) in [7, 11) is 0. The zero-order chi connectivity index (χ0) is 12.8. The van der Waals surface area contributed by atoms with Crippen LogP contribution in [-0.4, -0.2) is 10.8 Å². The molecule has 0 N–H and O–H groups in total. The molecule has 0 aromatic carbocycles. The van der Waals surface area contributed by atoms with Gasteiger partial charge in [-0.15, -0.1) is 11.3 Å². The smallest absolute Gasteiger partial charge is 0.142 e. The Labute approximate surface area is 108 Å². The summed E-state index contributed by atoms with van der Waals surface area (Å²) < 4.78 is 0. The van der Waals surface area contributed by atoms with Crippen molar-refractivity contribution in [3.8, 4) is 0 Å². The normalized spacial score (nSPS) is 12.7. The van der Waals surface area contributed by atoms with E-state index in [1.54, 1.807) is 11.3 Å². The van der Waals surface area contributed by atoms with Crippen LogP contribution < -0.4 is 0 Å². The van der Waals surface area contributed by atoms with E-state index in [0.717, 1.165) is 30.0 Å². The minimum Gasteiger partial charge on any atom is -0.299 e. The first-order valence-corrected chi connectivity index (χ1v) is 7.35. The molecule has 0 amide bonds. The van der Waals surface area contributed by atoms with Gasteiger partial charge in [0, 0.05) is 10.8 Å². The van der Waals surface area contributed by atoms with Gasteiger partial charge in [-0.2, -0.15) is 0 Å². The highest BCUT2D eigenvalue weighted by Gasteiger charge is 2.18. The molecule has 0 saturated heterocycles. The van der Waals surface area contributed by atoms with Crippen molar-refractivity contribution < 1.29 is 4.79 Å². The number of hydrogen-bond acceptors (Lipinski definition) is 3. The summed E-state index contributed by atoms with van der Waals surface area (Å²) in [6, 6.07) is 0. The van der Waals surface area contributed by atoms with Crippen LogP contribution in [0, 0.1) is 19.8 Å². The third kappa shape index (κ3) is 4.23. The maximum absolute atomic E-state index is 12.1. The summed E-state index contributed by atoms with van der Waals surface area (Å²) in [5.74, 6) is 0.606. The highest BCUT2D eigenvalue weighted by molar-refractivity contribution is 7.11. The number of aryl methyl sites for hydroxylation is 2. The summed E-state index contributed by atoms with van der Waals surface area (Å²) in [5, 5.41) is 0.986. The van der Waals surface area contributed by atoms with Gasteiger partial charge >= 0.3 is 0 Å². The fourth-order valence-corrected chi connectivity index (χ4v) is 2.90. The number of Topliss-reactive ketones (excluding diaryl/α,β-unsaturated/α-hetero) is 1. The van der Waals surface area contributed by atoms with Gasteiger partial charge in [0.1, 0.15) is 10.8 Å². The third-order valence-corrected chi connectivity index (χ3v) is 4.33. The molecule has 1 atom stereocenters. The minimum atomic E-state index is 0.236. The fraction of sp³-hybridized carbons (Fsp3) is 0.714. The van der Waals surface area contributed by atoms with E-state index in [4.69, 9.17) is 0 Å². The van der Waals surface area contributed by atoms with Crippen molar-refractivity contribution in [3.05, 3.63) is 15.6 Å². The van der Waals surface area contributed by atoms with E-state index in [9.17, 15) is 4.79 Å². The Hall–Kier alpha value is -0.700. The quantitative estimate of drug-likeness (QED) is 0.732. The number of carbonyl (C=O) groups excluding carboxylic acids is 1. The molecule has 0 saturated carbocycles. The van der Waals surface area contributed by atoms with Crippen LogP contribution in [0.4, 0.5) is 0 Å². The van der Waals surface area contributed by atoms with E-state index in [-0.39, 0.29) is 5.92 Å². The monoisotopic (exact) mass is 253 g/mol. The molecule has 1 aromatic heterocycles. The number of rotatable bonds is 7. The van der Waals surface area contributed by atoms with E-state index in [1.807, 2.05) is 6.92 Å². The molecule has 0 bridgehead atoms. The van der Waals surface area contributed by atoms with Gasteiger partial charge in [-0.3, -0.25) is 4.79 Å². The largest absolute Gasteiger partial charge is 0.299 e. The fourth-order valence-electron chi connectivity index (χ4n) is 1.95. The van der Waals surface area contributed by atoms with Crippen LogP contribution in [0.2, 0.25) is 0 Å².